The molecule has 0 fully saturated rings. The highest BCUT2D eigenvalue weighted by atomic mass is 16.5. The number of allylic oxidation sites excluding steroid dienone is 4. The van der Waals surface area contributed by atoms with Gasteiger partial charge in [0, 0.05) is 18.7 Å². The van der Waals surface area contributed by atoms with Gasteiger partial charge in [0.25, 0.3) is 0 Å². The van der Waals surface area contributed by atoms with Crippen LogP contribution >= 0.6 is 0 Å². The lowest BCUT2D eigenvalue weighted by molar-refractivity contribution is -0.130. The molecule has 1 aromatic rings. The predicted molar refractivity (Wildman–Crippen MR) is 151 cm³/mol. The quantitative estimate of drug-likeness (QED) is 0.310. The maximum absolute atomic E-state index is 14.2. The predicted octanol–water partition coefficient (Wildman–Crippen LogP) is 6.44. The Kier molecular flexibility index (Phi) is 7.38. The summed E-state index contributed by atoms with van der Waals surface area (Å²) in [6.45, 7) is 9.75. The SMILES string of the molecule is CO[C@H](C(=O)C1=C2Oc3c4c(cc(O)c3C(=O)[C@@H]2C2=C(CCCC2)C1=O)OC(C)(C)C=C4)[C@@H](C)CCC=C(C)C. The number of rotatable bonds is 7. The van der Waals surface area contributed by atoms with E-state index in [0.29, 0.717) is 41.7 Å². The van der Waals surface area contributed by atoms with E-state index in [9.17, 15) is 19.5 Å². The lowest BCUT2D eigenvalue weighted by Gasteiger charge is -2.38. The Labute approximate surface area is 235 Å². The lowest BCUT2D eigenvalue weighted by Crippen LogP contribution is -2.42. The van der Waals surface area contributed by atoms with E-state index in [2.05, 4.69) is 6.08 Å². The van der Waals surface area contributed by atoms with Gasteiger partial charge in [-0.3, -0.25) is 14.4 Å². The lowest BCUT2D eigenvalue weighted by atomic mass is 9.70. The number of carbonyl (C=O) groups is 3. The topological polar surface area (TPSA) is 99.1 Å². The number of fused-ring (bicyclic) bond motifs is 5. The molecule has 0 amide bonds. The van der Waals surface area contributed by atoms with Crippen molar-refractivity contribution in [1.82, 2.24) is 0 Å². The van der Waals surface area contributed by atoms with Gasteiger partial charge in [-0.1, -0.05) is 18.6 Å². The standard InChI is InChI=1S/C33H38O7/c1-17(2)10-9-11-18(3)30(38-6)29(37)26-27(35)20-13-8-7-12-19(20)24-28(36)25-22(34)16-23-21(31(25)39-32(24)26)14-15-33(4,5)40-23/h10,14-16,18,24,30,34H,7-9,11-13H2,1-6H3/t18-,24-,30-/m0/s1. The van der Waals surface area contributed by atoms with Gasteiger partial charge in [-0.15, -0.1) is 0 Å². The summed E-state index contributed by atoms with van der Waals surface area (Å²) in [5.74, 6) is -2.01. The van der Waals surface area contributed by atoms with Crippen molar-refractivity contribution < 1.29 is 33.7 Å². The zero-order valence-electron chi connectivity index (χ0n) is 24.2. The third-order valence-corrected chi connectivity index (χ3v) is 8.32. The first kappa shape index (κ1) is 28.1. The highest BCUT2D eigenvalue weighted by Gasteiger charge is 2.50. The van der Waals surface area contributed by atoms with E-state index in [1.54, 1.807) is 6.08 Å². The summed E-state index contributed by atoms with van der Waals surface area (Å²) < 4.78 is 18.2. The monoisotopic (exact) mass is 546 g/mol. The van der Waals surface area contributed by atoms with Gasteiger partial charge in [-0.2, -0.15) is 0 Å². The molecule has 0 saturated heterocycles. The number of hydrogen-bond donors (Lipinski definition) is 1. The van der Waals surface area contributed by atoms with Crippen LogP contribution in [0.5, 0.6) is 17.2 Å². The smallest absolute Gasteiger partial charge is 0.199 e. The molecule has 7 nitrogen and oxygen atoms in total. The van der Waals surface area contributed by atoms with Crippen LogP contribution in [0.25, 0.3) is 6.08 Å². The Morgan fingerprint density at radius 3 is 2.65 bits per heavy atom. The summed E-state index contributed by atoms with van der Waals surface area (Å²) >= 11 is 0. The van der Waals surface area contributed by atoms with Crippen LogP contribution < -0.4 is 9.47 Å². The van der Waals surface area contributed by atoms with Crippen LogP contribution in [0.3, 0.4) is 0 Å². The second kappa shape index (κ2) is 10.5. The molecule has 0 unspecified atom stereocenters. The van der Waals surface area contributed by atoms with Gasteiger partial charge in [0.15, 0.2) is 23.1 Å². The minimum atomic E-state index is -0.924. The van der Waals surface area contributed by atoms with Crippen molar-refractivity contribution in [2.75, 3.05) is 7.11 Å². The van der Waals surface area contributed by atoms with Crippen LogP contribution in [0.2, 0.25) is 0 Å². The van der Waals surface area contributed by atoms with Gasteiger partial charge in [0.2, 0.25) is 0 Å². The van der Waals surface area contributed by atoms with Gasteiger partial charge in [-0.25, -0.2) is 0 Å². The Morgan fingerprint density at radius 1 is 1.23 bits per heavy atom. The first-order valence-corrected chi connectivity index (χ1v) is 14.2. The largest absolute Gasteiger partial charge is 0.507 e. The first-order chi connectivity index (χ1) is 18.9. The second-order valence-electron chi connectivity index (χ2n) is 12.1. The minimum Gasteiger partial charge on any atom is -0.507 e. The molecule has 0 bridgehead atoms. The number of aromatic hydroxyl groups is 1. The molecule has 1 N–H and O–H groups in total. The average Bonchev–Trinajstić information content (AvgIpc) is 2.88. The van der Waals surface area contributed by atoms with Crippen molar-refractivity contribution in [3.05, 3.63) is 57.4 Å². The highest BCUT2D eigenvalue weighted by Crippen LogP contribution is 2.52. The normalized spacial score (nSPS) is 22.3. The Hall–Kier alpha value is -3.45. The number of ether oxygens (including phenoxy) is 3. The molecule has 1 aromatic carbocycles. The Morgan fingerprint density at radius 2 is 1.95 bits per heavy atom. The van der Waals surface area contributed by atoms with Gasteiger partial charge in [-0.05, 0) is 89.9 Å². The third-order valence-electron chi connectivity index (χ3n) is 8.32. The number of phenols is 1. The molecule has 5 rings (SSSR count). The van der Waals surface area contributed by atoms with E-state index in [1.165, 1.54) is 18.7 Å². The Bertz CT molecular complexity index is 1410. The van der Waals surface area contributed by atoms with Crippen molar-refractivity contribution in [1.29, 1.82) is 0 Å². The zero-order chi connectivity index (χ0) is 28.9. The molecular formula is C33H38O7. The second-order valence-corrected chi connectivity index (χ2v) is 12.1. The average molecular weight is 547 g/mol. The van der Waals surface area contributed by atoms with E-state index in [1.807, 2.05) is 40.7 Å². The molecule has 0 saturated carbocycles. The number of Topliss-reactive ketones (excluding diaryl/α,β-unsaturated/α-hetero) is 3. The summed E-state index contributed by atoms with van der Waals surface area (Å²) in [5, 5.41) is 11.0. The van der Waals surface area contributed by atoms with E-state index >= 15 is 0 Å². The van der Waals surface area contributed by atoms with Crippen LogP contribution in [0.4, 0.5) is 0 Å². The number of ketones is 3. The molecule has 2 aliphatic heterocycles. The van der Waals surface area contributed by atoms with Crippen LogP contribution in [-0.4, -0.2) is 41.3 Å². The molecule has 2 heterocycles. The van der Waals surface area contributed by atoms with Crippen LogP contribution in [-0.2, 0) is 14.3 Å². The summed E-state index contributed by atoms with van der Waals surface area (Å²) in [4.78, 5) is 42.3. The fraction of sp³-hybridized carbons (Fsp3) is 0.485. The molecule has 212 valence electrons. The van der Waals surface area contributed by atoms with Crippen molar-refractivity contribution in [2.45, 2.75) is 84.8 Å². The van der Waals surface area contributed by atoms with Crippen molar-refractivity contribution in [3.8, 4) is 17.2 Å². The third kappa shape index (κ3) is 4.74. The van der Waals surface area contributed by atoms with Gasteiger partial charge in [0.05, 0.1) is 5.56 Å². The summed E-state index contributed by atoms with van der Waals surface area (Å²) in [6.07, 6.45) is 9.08. The summed E-state index contributed by atoms with van der Waals surface area (Å²) in [5.41, 5.74) is 2.24. The number of phenolic OH excluding ortho intramolecular Hbond substituents is 1. The fourth-order valence-electron chi connectivity index (χ4n) is 6.30. The maximum Gasteiger partial charge on any atom is 0.199 e. The molecule has 7 heteroatoms. The number of benzene rings is 1. The highest BCUT2D eigenvalue weighted by molar-refractivity contribution is 6.30. The molecule has 3 atom stereocenters. The minimum absolute atomic E-state index is 0.0532. The van der Waals surface area contributed by atoms with Gasteiger partial charge < -0.3 is 19.3 Å². The molecule has 0 aromatic heterocycles. The van der Waals surface area contributed by atoms with Crippen LogP contribution in [0, 0.1) is 11.8 Å². The first-order valence-electron chi connectivity index (χ1n) is 14.2. The number of methoxy groups -OCH3 is 1. The molecule has 2 aliphatic carbocycles. The zero-order valence-corrected chi connectivity index (χ0v) is 24.2. The molecular weight excluding hydrogens is 508 g/mol. The molecule has 40 heavy (non-hydrogen) atoms. The maximum atomic E-state index is 14.2. The number of carbonyl (C=O) groups excluding carboxylic acids is 3. The summed E-state index contributed by atoms with van der Waals surface area (Å²) in [6, 6.07) is 1.45. The van der Waals surface area contributed by atoms with Gasteiger partial charge >= 0.3 is 0 Å². The van der Waals surface area contributed by atoms with Crippen LogP contribution in [0.15, 0.2) is 46.3 Å². The van der Waals surface area contributed by atoms with Crippen LogP contribution in [0.1, 0.15) is 89.1 Å². The molecule has 0 spiro atoms. The molecule has 0 radical (unpaired) electrons. The van der Waals surface area contributed by atoms with E-state index in [0.717, 1.165) is 19.3 Å². The van der Waals surface area contributed by atoms with Crippen molar-refractivity contribution >= 4 is 23.4 Å². The van der Waals surface area contributed by atoms with Crippen molar-refractivity contribution in [3.63, 3.8) is 0 Å². The Balaban J connectivity index is 1.65. The van der Waals surface area contributed by atoms with Crippen molar-refractivity contribution in [2.24, 2.45) is 11.8 Å². The molecule has 4 aliphatic rings. The fourth-order valence-corrected chi connectivity index (χ4v) is 6.30. The summed E-state index contributed by atoms with van der Waals surface area (Å²) in [7, 11) is 1.47. The van der Waals surface area contributed by atoms with Gasteiger partial charge in [0.1, 0.15) is 46.0 Å². The number of hydrogen-bond acceptors (Lipinski definition) is 7. The van der Waals surface area contributed by atoms with E-state index < -0.39 is 23.4 Å². The van der Waals surface area contributed by atoms with E-state index in [-0.39, 0.29) is 45.9 Å². The van der Waals surface area contributed by atoms with E-state index in [4.69, 9.17) is 14.2 Å².